The van der Waals surface area contributed by atoms with Gasteiger partial charge in [-0.15, -0.1) is 0 Å². The number of methoxy groups -OCH3 is 1. The van der Waals surface area contributed by atoms with Crippen molar-refractivity contribution in [2.75, 3.05) is 60.0 Å². The van der Waals surface area contributed by atoms with Crippen LogP contribution in [0.25, 0.3) is 5.76 Å². The van der Waals surface area contributed by atoms with E-state index in [0.29, 0.717) is 11.3 Å². The molecule has 0 aliphatic heterocycles. The number of benzene rings is 1. The Kier molecular flexibility index (Phi) is 7.28. The molecule has 0 unspecified atom stereocenters. The van der Waals surface area contributed by atoms with Crippen LogP contribution in [0.5, 0.6) is 5.75 Å². The predicted molar refractivity (Wildman–Crippen MR) is 140 cm³/mol. The lowest BCUT2D eigenvalue weighted by molar-refractivity contribution is -0.159. The van der Waals surface area contributed by atoms with Crippen LogP contribution in [0.2, 0.25) is 0 Å². The molecule has 4 atom stereocenters. The molecule has 0 bridgehead atoms. The van der Waals surface area contributed by atoms with Crippen molar-refractivity contribution >= 4 is 28.9 Å². The van der Waals surface area contributed by atoms with E-state index in [9.17, 15) is 34.8 Å². The van der Waals surface area contributed by atoms with E-state index < -0.39 is 57.5 Å². The molecule has 3 aliphatic rings. The highest BCUT2D eigenvalue weighted by Gasteiger charge is 2.67. The van der Waals surface area contributed by atoms with Crippen LogP contribution in [0.15, 0.2) is 29.0 Å². The second-order valence-electron chi connectivity index (χ2n) is 10.8. The number of nitrogens with zero attached hydrogens (tertiary/aromatic N) is 2. The molecule has 1 fully saturated rings. The third kappa shape index (κ3) is 4.09. The Morgan fingerprint density at radius 2 is 1.79 bits per heavy atom. The molecule has 0 radical (unpaired) electrons. The lowest BCUT2D eigenvalue weighted by Gasteiger charge is -2.54. The third-order valence-electron chi connectivity index (χ3n) is 8.09. The van der Waals surface area contributed by atoms with Crippen molar-refractivity contribution in [2.24, 2.45) is 17.1 Å². The lowest BCUT2D eigenvalue weighted by atomic mass is 9.51. The van der Waals surface area contributed by atoms with Crippen LogP contribution in [0.4, 0.5) is 5.69 Å². The van der Waals surface area contributed by atoms with Crippen LogP contribution in [0.3, 0.4) is 0 Å². The maximum atomic E-state index is 14.3. The van der Waals surface area contributed by atoms with Gasteiger partial charge in [0.2, 0.25) is 5.78 Å². The molecular weight excluding hydrogens is 510 g/mol. The summed E-state index contributed by atoms with van der Waals surface area (Å²) in [6.45, 7) is 0.320. The smallest absolute Gasteiger partial charge is 0.255 e. The molecule has 0 heterocycles. The minimum absolute atomic E-state index is 0.0220. The standard InChI is InChI=1S/C27H35N3O9/c1-29(2)15-6-7-16(31)17-13(15)10-26(12-39-9-8-38-5)11-14-20(30(3)4)22(33)18(25(28)36)23(34)27(14,37)24(35)19(26)21(17)32/h6-7,14,20,31-32,34,37H,8-12H2,1-5H3,(H2,28,36)/t14-,20-,26-,27+/m0/s1. The second kappa shape index (κ2) is 9.94. The van der Waals surface area contributed by atoms with E-state index in [4.69, 9.17) is 15.2 Å². The van der Waals surface area contributed by atoms with Crippen molar-refractivity contribution < 1.29 is 44.3 Å². The van der Waals surface area contributed by atoms with Crippen molar-refractivity contribution in [2.45, 2.75) is 24.5 Å². The van der Waals surface area contributed by atoms with Gasteiger partial charge < -0.3 is 40.5 Å². The number of nitrogens with two attached hydrogens (primary N) is 1. The number of hydrogen-bond donors (Lipinski definition) is 5. The zero-order valence-corrected chi connectivity index (χ0v) is 22.6. The van der Waals surface area contributed by atoms with E-state index in [0.717, 1.165) is 0 Å². The molecule has 39 heavy (non-hydrogen) atoms. The van der Waals surface area contributed by atoms with Crippen LogP contribution >= 0.6 is 0 Å². The highest BCUT2D eigenvalue weighted by atomic mass is 16.5. The van der Waals surface area contributed by atoms with Crippen LogP contribution in [0.1, 0.15) is 17.5 Å². The number of ether oxygens (including phenoxy) is 2. The predicted octanol–water partition coefficient (Wildman–Crippen LogP) is 0.0632. The van der Waals surface area contributed by atoms with Crippen LogP contribution in [-0.4, -0.2) is 110 Å². The Bertz CT molecular complexity index is 1300. The van der Waals surface area contributed by atoms with Gasteiger partial charge in [0.15, 0.2) is 11.4 Å². The van der Waals surface area contributed by atoms with Gasteiger partial charge in [0.1, 0.15) is 22.8 Å². The molecule has 4 rings (SSSR count). The first-order chi connectivity index (χ1) is 18.2. The molecule has 6 N–H and O–H groups in total. The Morgan fingerprint density at radius 1 is 1.13 bits per heavy atom. The van der Waals surface area contributed by atoms with Crippen molar-refractivity contribution in [1.29, 1.82) is 0 Å². The quantitative estimate of drug-likeness (QED) is 0.220. The minimum atomic E-state index is -2.74. The topological polar surface area (TPSA) is 183 Å². The van der Waals surface area contributed by atoms with E-state index in [1.807, 2.05) is 0 Å². The zero-order valence-electron chi connectivity index (χ0n) is 22.6. The molecule has 1 aromatic rings. The number of carbonyl (C=O) groups is 3. The Morgan fingerprint density at radius 3 is 2.36 bits per heavy atom. The maximum absolute atomic E-state index is 14.3. The lowest BCUT2D eigenvalue weighted by Crippen LogP contribution is -2.68. The molecule has 1 amide bonds. The van der Waals surface area contributed by atoms with E-state index in [1.165, 1.54) is 18.1 Å². The largest absolute Gasteiger partial charge is 0.508 e. The fraction of sp³-hybridized carbons (Fsp3) is 0.519. The molecule has 0 aromatic heterocycles. The zero-order chi connectivity index (χ0) is 29.0. The van der Waals surface area contributed by atoms with Gasteiger partial charge in [-0.3, -0.25) is 19.3 Å². The number of Topliss-reactive ketones (excluding diaryl/α,β-unsaturated/α-hetero) is 2. The number of hydrogen-bond acceptors (Lipinski definition) is 11. The monoisotopic (exact) mass is 545 g/mol. The minimum Gasteiger partial charge on any atom is -0.508 e. The summed E-state index contributed by atoms with van der Waals surface area (Å²) in [5.41, 5.74) is 1.52. The van der Waals surface area contributed by atoms with Gasteiger partial charge in [-0.05, 0) is 44.6 Å². The first-order valence-corrected chi connectivity index (χ1v) is 12.5. The molecule has 0 saturated heterocycles. The summed E-state index contributed by atoms with van der Waals surface area (Å²) in [6.07, 6.45) is 0.0186. The number of rotatable bonds is 8. The van der Waals surface area contributed by atoms with E-state index in [-0.39, 0.29) is 49.5 Å². The highest BCUT2D eigenvalue weighted by Crippen LogP contribution is 2.59. The number of aromatic hydroxyl groups is 1. The first kappa shape index (κ1) is 28.6. The number of fused-ring (bicyclic) bond motifs is 3. The fourth-order valence-corrected chi connectivity index (χ4v) is 6.43. The summed E-state index contributed by atoms with van der Waals surface area (Å²) in [7, 11) is 8.21. The number of aliphatic hydroxyl groups excluding tert-OH is 2. The summed E-state index contributed by atoms with van der Waals surface area (Å²) in [5, 5.41) is 45.3. The van der Waals surface area contributed by atoms with Gasteiger partial charge in [0, 0.05) is 38.2 Å². The number of phenols is 1. The number of anilines is 1. The number of aliphatic hydroxyl groups is 3. The number of phenolic OH excluding ortho intramolecular Hbond substituents is 1. The summed E-state index contributed by atoms with van der Waals surface area (Å²) >= 11 is 0. The van der Waals surface area contributed by atoms with E-state index in [2.05, 4.69) is 0 Å². The number of carbonyl (C=O) groups excluding carboxylic acids is 3. The van der Waals surface area contributed by atoms with Gasteiger partial charge in [-0.2, -0.15) is 0 Å². The van der Waals surface area contributed by atoms with Crippen LogP contribution in [0, 0.1) is 11.3 Å². The van der Waals surface area contributed by atoms with Crippen molar-refractivity contribution in [3.63, 3.8) is 0 Å². The Labute approximate surface area is 225 Å². The Balaban J connectivity index is 2.04. The highest BCUT2D eigenvalue weighted by molar-refractivity contribution is 6.24. The Hall–Kier alpha value is -3.45. The van der Waals surface area contributed by atoms with E-state index >= 15 is 0 Å². The summed E-state index contributed by atoms with van der Waals surface area (Å²) < 4.78 is 11.0. The summed E-state index contributed by atoms with van der Waals surface area (Å²) in [5.74, 6) is -6.41. The third-order valence-corrected chi connectivity index (χ3v) is 8.09. The number of primary amides is 1. The number of amides is 1. The van der Waals surface area contributed by atoms with Crippen molar-refractivity contribution in [3.8, 4) is 5.75 Å². The van der Waals surface area contributed by atoms with Crippen LogP contribution < -0.4 is 10.6 Å². The SMILES string of the molecule is COCCOC[C@@]12Cc3c(N(C)C)ccc(O)c3C(O)=C1C(=O)[C@]1(O)C(O)=C(C(N)=O)C(=O)[C@@H](N(C)C)[C@@H]1C2. The number of likely N-dealkylation sites (N-methyl/N-ethyl adjacent to an activating group) is 1. The van der Waals surface area contributed by atoms with Crippen LogP contribution in [-0.2, 0) is 30.3 Å². The molecule has 1 aromatic carbocycles. The summed E-state index contributed by atoms with van der Waals surface area (Å²) in [4.78, 5) is 43.2. The first-order valence-electron chi connectivity index (χ1n) is 12.5. The maximum Gasteiger partial charge on any atom is 0.255 e. The molecule has 12 heteroatoms. The molecule has 1 saturated carbocycles. The molecular formula is C27H35N3O9. The van der Waals surface area contributed by atoms with Crippen molar-refractivity contribution in [1.82, 2.24) is 4.90 Å². The average Bonchev–Trinajstić information content (AvgIpc) is 2.83. The molecule has 12 nitrogen and oxygen atoms in total. The fourth-order valence-electron chi connectivity index (χ4n) is 6.43. The van der Waals surface area contributed by atoms with Gasteiger partial charge in [0.05, 0.1) is 37.0 Å². The average molecular weight is 546 g/mol. The van der Waals surface area contributed by atoms with E-state index in [1.54, 1.807) is 39.2 Å². The molecule has 212 valence electrons. The van der Waals surface area contributed by atoms with Crippen molar-refractivity contribution in [3.05, 3.63) is 40.2 Å². The van der Waals surface area contributed by atoms with Gasteiger partial charge in [-0.1, -0.05) is 0 Å². The second-order valence-corrected chi connectivity index (χ2v) is 10.8. The van der Waals surface area contributed by atoms with Gasteiger partial charge in [-0.25, -0.2) is 0 Å². The molecule has 0 spiro atoms. The molecule has 3 aliphatic carbocycles. The summed E-state index contributed by atoms with van der Waals surface area (Å²) in [6, 6.07) is 1.88. The normalized spacial score (nSPS) is 28.4. The number of ketones is 2. The van der Waals surface area contributed by atoms with Gasteiger partial charge in [0.25, 0.3) is 5.91 Å². The van der Waals surface area contributed by atoms with Gasteiger partial charge >= 0.3 is 0 Å².